The number of nitrogens with zero attached hydrogens (tertiary/aromatic N) is 3. The van der Waals surface area contributed by atoms with Gasteiger partial charge < -0.3 is 14.8 Å². The summed E-state index contributed by atoms with van der Waals surface area (Å²) >= 11 is 1.24. The SMILES string of the molecule is Cc1c(C(=O)N2CCC[C@H](C(=O)Nc3ccccc3)C2)sc2ncn(C)c(=O)c12. The van der Waals surface area contributed by atoms with Crippen molar-refractivity contribution in [2.24, 2.45) is 13.0 Å². The number of aryl methyl sites for hydroxylation is 2. The van der Waals surface area contributed by atoms with Crippen LogP contribution < -0.4 is 10.9 Å². The third kappa shape index (κ3) is 3.67. The van der Waals surface area contributed by atoms with Crippen molar-refractivity contribution in [1.82, 2.24) is 14.5 Å². The molecule has 1 aliphatic heterocycles. The molecule has 29 heavy (non-hydrogen) atoms. The quantitative estimate of drug-likeness (QED) is 0.720. The second-order valence-electron chi connectivity index (χ2n) is 7.34. The first kappa shape index (κ1) is 19.3. The molecule has 2 amide bonds. The van der Waals surface area contributed by atoms with Crippen molar-refractivity contribution < 1.29 is 9.59 Å². The highest BCUT2D eigenvalue weighted by Gasteiger charge is 2.31. The Bertz CT molecular complexity index is 1140. The zero-order chi connectivity index (χ0) is 20.5. The molecule has 1 atom stereocenters. The summed E-state index contributed by atoms with van der Waals surface area (Å²) in [5, 5.41) is 3.43. The fraction of sp³-hybridized carbons (Fsp3) is 0.333. The second kappa shape index (κ2) is 7.79. The fourth-order valence-electron chi connectivity index (χ4n) is 3.70. The van der Waals surface area contributed by atoms with Crippen molar-refractivity contribution in [2.75, 3.05) is 18.4 Å². The van der Waals surface area contributed by atoms with E-state index in [2.05, 4.69) is 10.3 Å². The molecule has 1 aromatic carbocycles. The number of rotatable bonds is 3. The number of nitrogens with one attached hydrogen (secondary N) is 1. The highest BCUT2D eigenvalue weighted by molar-refractivity contribution is 7.20. The van der Waals surface area contributed by atoms with E-state index >= 15 is 0 Å². The monoisotopic (exact) mass is 410 g/mol. The van der Waals surface area contributed by atoms with Gasteiger partial charge in [0.2, 0.25) is 5.91 Å². The number of hydrogen-bond donors (Lipinski definition) is 1. The number of anilines is 1. The lowest BCUT2D eigenvalue weighted by Crippen LogP contribution is -2.43. The van der Waals surface area contributed by atoms with E-state index in [-0.39, 0.29) is 23.3 Å². The summed E-state index contributed by atoms with van der Waals surface area (Å²) in [4.78, 5) is 45.4. The molecule has 2 aromatic heterocycles. The van der Waals surface area contributed by atoms with Crippen LogP contribution in [0, 0.1) is 12.8 Å². The molecule has 0 radical (unpaired) electrons. The predicted octanol–water partition coefficient (Wildman–Crippen LogP) is 2.79. The maximum absolute atomic E-state index is 13.2. The number of benzene rings is 1. The van der Waals surface area contributed by atoms with Crippen molar-refractivity contribution in [2.45, 2.75) is 19.8 Å². The predicted molar refractivity (Wildman–Crippen MR) is 113 cm³/mol. The minimum absolute atomic E-state index is 0.0719. The first-order valence-corrected chi connectivity index (χ1v) is 10.4. The molecule has 4 rings (SSSR count). The number of piperidine rings is 1. The molecule has 1 fully saturated rings. The van der Waals surface area contributed by atoms with Gasteiger partial charge in [-0.3, -0.25) is 14.4 Å². The molecule has 1 N–H and O–H groups in total. The lowest BCUT2D eigenvalue weighted by molar-refractivity contribution is -0.121. The molecule has 0 bridgehead atoms. The Morgan fingerprint density at radius 1 is 1.24 bits per heavy atom. The fourth-order valence-corrected chi connectivity index (χ4v) is 4.81. The number of amides is 2. The van der Waals surface area contributed by atoms with Crippen LogP contribution in [0.25, 0.3) is 10.2 Å². The van der Waals surface area contributed by atoms with Gasteiger partial charge in [0.1, 0.15) is 4.83 Å². The first-order valence-electron chi connectivity index (χ1n) is 9.55. The highest BCUT2D eigenvalue weighted by atomic mass is 32.1. The van der Waals surface area contributed by atoms with Gasteiger partial charge in [-0.2, -0.15) is 0 Å². The number of likely N-dealkylation sites (tertiary alicyclic amines) is 1. The zero-order valence-electron chi connectivity index (χ0n) is 16.3. The summed E-state index contributed by atoms with van der Waals surface area (Å²) in [6.07, 6.45) is 2.98. The summed E-state index contributed by atoms with van der Waals surface area (Å²) in [6, 6.07) is 9.32. The molecule has 1 saturated heterocycles. The largest absolute Gasteiger partial charge is 0.337 e. The van der Waals surface area contributed by atoms with Crippen LogP contribution in [-0.4, -0.2) is 39.4 Å². The smallest absolute Gasteiger partial charge is 0.264 e. The van der Waals surface area contributed by atoms with Gasteiger partial charge in [-0.1, -0.05) is 18.2 Å². The second-order valence-corrected chi connectivity index (χ2v) is 8.34. The van der Waals surface area contributed by atoms with Gasteiger partial charge >= 0.3 is 0 Å². The van der Waals surface area contributed by atoms with Crippen molar-refractivity contribution in [3.63, 3.8) is 0 Å². The number of carbonyl (C=O) groups excluding carboxylic acids is 2. The summed E-state index contributed by atoms with van der Waals surface area (Å²) < 4.78 is 1.42. The molecule has 3 heterocycles. The Hall–Kier alpha value is -3.00. The van der Waals surface area contributed by atoms with Gasteiger partial charge in [0.05, 0.1) is 22.5 Å². The molecule has 8 heteroatoms. The van der Waals surface area contributed by atoms with Crippen LogP contribution in [0.4, 0.5) is 5.69 Å². The molecule has 0 saturated carbocycles. The number of aromatic nitrogens is 2. The average molecular weight is 410 g/mol. The van der Waals surface area contributed by atoms with Crippen LogP contribution in [0.5, 0.6) is 0 Å². The number of hydrogen-bond acceptors (Lipinski definition) is 5. The maximum atomic E-state index is 13.2. The molecule has 3 aromatic rings. The lowest BCUT2D eigenvalue weighted by atomic mass is 9.96. The molecule has 0 aliphatic carbocycles. The van der Waals surface area contributed by atoms with E-state index in [1.54, 1.807) is 18.9 Å². The van der Waals surface area contributed by atoms with Crippen LogP contribution in [0.15, 0.2) is 41.5 Å². The van der Waals surface area contributed by atoms with Gasteiger partial charge in [0, 0.05) is 25.8 Å². The Morgan fingerprint density at radius 3 is 2.76 bits per heavy atom. The Labute approximate surface area is 172 Å². The van der Waals surface area contributed by atoms with Gasteiger partial charge in [-0.05, 0) is 37.5 Å². The van der Waals surface area contributed by atoms with Gasteiger partial charge in [0.25, 0.3) is 11.5 Å². The van der Waals surface area contributed by atoms with Crippen LogP contribution in [0.1, 0.15) is 28.1 Å². The van der Waals surface area contributed by atoms with Gasteiger partial charge in [-0.15, -0.1) is 11.3 Å². The van der Waals surface area contributed by atoms with E-state index in [1.807, 2.05) is 30.3 Å². The molecule has 0 unspecified atom stereocenters. The topological polar surface area (TPSA) is 84.3 Å². The van der Waals surface area contributed by atoms with Gasteiger partial charge in [0.15, 0.2) is 0 Å². The minimum atomic E-state index is -0.256. The average Bonchev–Trinajstić information content (AvgIpc) is 3.08. The molecule has 1 aliphatic rings. The molecular formula is C21H22N4O3S. The summed E-state index contributed by atoms with van der Waals surface area (Å²) in [7, 11) is 1.65. The van der Waals surface area contributed by atoms with Gasteiger partial charge in [-0.25, -0.2) is 4.98 Å². The Kier molecular flexibility index (Phi) is 5.19. The highest BCUT2D eigenvalue weighted by Crippen LogP contribution is 2.29. The van der Waals surface area contributed by atoms with E-state index in [1.165, 1.54) is 22.2 Å². The van der Waals surface area contributed by atoms with E-state index in [9.17, 15) is 14.4 Å². The maximum Gasteiger partial charge on any atom is 0.264 e. The van der Waals surface area contributed by atoms with Crippen molar-refractivity contribution in [3.05, 3.63) is 57.5 Å². The number of para-hydroxylation sites is 1. The standard InChI is InChI=1S/C21H22N4O3S/c1-13-16-19(22-12-24(2)20(16)27)29-17(13)21(28)25-10-6-7-14(11-25)18(26)23-15-8-4-3-5-9-15/h3-5,8-9,12,14H,6-7,10-11H2,1-2H3,(H,23,26)/t14-/m0/s1. The number of fused-ring (bicyclic) bond motifs is 1. The third-order valence-electron chi connectivity index (χ3n) is 5.33. The summed E-state index contributed by atoms with van der Waals surface area (Å²) in [6.45, 7) is 2.77. The van der Waals surface area contributed by atoms with E-state index in [4.69, 9.17) is 0 Å². The molecule has 7 nitrogen and oxygen atoms in total. The van der Waals surface area contributed by atoms with E-state index in [0.29, 0.717) is 33.7 Å². The van der Waals surface area contributed by atoms with Crippen LogP contribution in [-0.2, 0) is 11.8 Å². The normalized spacial score (nSPS) is 16.8. The molecule has 150 valence electrons. The summed E-state index contributed by atoms with van der Waals surface area (Å²) in [5.74, 6) is -0.462. The number of thiophene rings is 1. The summed E-state index contributed by atoms with van der Waals surface area (Å²) in [5.41, 5.74) is 1.27. The number of carbonyl (C=O) groups is 2. The van der Waals surface area contributed by atoms with Crippen LogP contribution in [0.2, 0.25) is 0 Å². The molecular weight excluding hydrogens is 388 g/mol. The Morgan fingerprint density at radius 2 is 2.00 bits per heavy atom. The van der Waals surface area contributed by atoms with Crippen LogP contribution in [0.3, 0.4) is 0 Å². The van der Waals surface area contributed by atoms with Crippen LogP contribution >= 0.6 is 11.3 Å². The van der Waals surface area contributed by atoms with Crippen molar-refractivity contribution >= 4 is 39.1 Å². The van der Waals surface area contributed by atoms with Crippen molar-refractivity contribution in [3.8, 4) is 0 Å². The Balaban J connectivity index is 1.54. The van der Waals surface area contributed by atoms with E-state index < -0.39 is 0 Å². The first-order chi connectivity index (χ1) is 14.0. The van der Waals surface area contributed by atoms with E-state index in [0.717, 1.165) is 18.5 Å². The molecule has 0 spiro atoms. The minimum Gasteiger partial charge on any atom is -0.337 e. The van der Waals surface area contributed by atoms with Crippen molar-refractivity contribution in [1.29, 1.82) is 0 Å². The lowest BCUT2D eigenvalue weighted by Gasteiger charge is -2.32. The zero-order valence-corrected chi connectivity index (χ0v) is 17.2. The third-order valence-corrected chi connectivity index (χ3v) is 6.51.